The zero-order valence-electron chi connectivity index (χ0n) is 6.90. The first-order valence-corrected chi connectivity index (χ1v) is 4.40. The highest BCUT2D eigenvalue weighted by Gasteiger charge is 2.14. The van der Waals surface area contributed by atoms with Crippen LogP contribution in [0.1, 0.15) is 43.4 Å². The van der Waals surface area contributed by atoms with Crippen LogP contribution in [0.25, 0.3) is 0 Å². The Hall–Kier alpha value is -0.480. The number of aliphatic hydroxyl groups is 1. The predicted molar refractivity (Wildman–Crippen MR) is 44.6 cm³/mol. The molecule has 4 heteroatoms. The lowest BCUT2D eigenvalue weighted by Crippen LogP contribution is -1.96. The number of aromatic nitrogens is 2. The van der Waals surface area contributed by atoms with Gasteiger partial charge in [0.15, 0.2) is 0 Å². The van der Waals surface area contributed by atoms with E-state index in [9.17, 15) is 5.11 Å². The van der Waals surface area contributed by atoms with Gasteiger partial charge in [-0.25, -0.2) is 0 Å². The predicted octanol–water partition coefficient (Wildman–Crippen LogP) is 1.71. The maximum Gasteiger partial charge on any atom is 0.0889 e. The van der Waals surface area contributed by atoms with Gasteiger partial charge in [-0.05, 0) is 24.4 Å². The van der Waals surface area contributed by atoms with Gasteiger partial charge in [0.25, 0.3) is 0 Å². The molecule has 1 aromatic heterocycles. The average molecular weight is 172 g/mol. The zero-order valence-corrected chi connectivity index (χ0v) is 7.72. The largest absolute Gasteiger partial charge is 0.388 e. The molecular weight excluding hydrogens is 160 g/mol. The standard InChI is InChI=1S/C7H12N2OS/c1-4(2)6-7(5(3)10)11-9-8-6/h4-5,10H,1-3H3. The SMILES string of the molecule is CC(C)c1nnsc1C(C)O. The molecule has 0 aliphatic rings. The number of hydrogen-bond donors (Lipinski definition) is 1. The van der Waals surface area contributed by atoms with E-state index in [1.54, 1.807) is 6.92 Å². The van der Waals surface area contributed by atoms with E-state index in [1.165, 1.54) is 11.5 Å². The molecule has 11 heavy (non-hydrogen) atoms. The van der Waals surface area contributed by atoms with Crippen LogP contribution in [0, 0.1) is 0 Å². The summed E-state index contributed by atoms with van der Waals surface area (Å²) in [6.45, 7) is 5.83. The monoisotopic (exact) mass is 172 g/mol. The zero-order chi connectivity index (χ0) is 8.43. The van der Waals surface area contributed by atoms with Gasteiger partial charge in [-0.2, -0.15) is 0 Å². The average Bonchev–Trinajstić information content (AvgIpc) is 2.32. The Labute approximate surface area is 70.2 Å². The van der Waals surface area contributed by atoms with Gasteiger partial charge in [-0.1, -0.05) is 18.3 Å². The van der Waals surface area contributed by atoms with Gasteiger partial charge in [-0.15, -0.1) is 5.10 Å². The molecule has 0 amide bonds. The van der Waals surface area contributed by atoms with Crippen LogP contribution in [0.15, 0.2) is 0 Å². The first-order valence-electron chi connectivity index (χ1n) is 3.63. The number of nitrogens with zero attached hydrogens (tertiary/aromatic N) is 2. The summed E-state index contributed by atoms with van der Waals surface area (Å²) < 4.78 is 3.80. The van der Waals surface area contributed by atoms with Crippen LogP contribution in [0.2, 0.25) is 0 Å². The van der Waals surface area contributed by atoms with Gasteiger partial charge < -0.3 is 5.11 Å². The molecule has 0 aliphatic carbocycles. The van der Waals surface area contributed by atoms with Crippen molar-refractivity contribution in [2.24, 2.45) is 0 Å². The van der Waals surface area contributed by atoms with Crippen molar-refractivity contribution in [3.05, 3.63) is 10.6 Å². The van der Waals surface area contributed by atoms with Crippen molar-refractivity contribution in [2.75, 3.05) is 0 Å². The molecule has 1 N–H and O–H groups in total. The highest BCUT2D eigenvalue weighted by Crippen LogP contribution is 2.25. The fraction of sp³-hybridized carbons (Fsp3) is 0.714. The highest BCUT2D eigenvalue weighted by molar-refractivity contribution is 7.05. The minimum absolute atomic E-state index is 0.346. The maximum absolute atomic E-state index is 9.27. The molecular formula is C7H12N2OS. The third-order valence-corrected chi connectivity index (χ3v) is 2.38. The molecule has 0 bridgehead atoms. The van der Waals surface area contributed by atoms with Crippen LogP contribution in [-0.2, 0) is 0 Å². The molecule has 1 unspecified atom stereocenters. The van der Waals surface area contributed by atoms with E-state index >= 15 is 0 Å². The van der Waals surface area contributed by atoms with Gasteiger partial charge in [-0.3, -0.25) is 0 Å². The van der Waals surface area contributed by atoms with Gasteiger partial charge in [0.2, 0.25) is 0 Å². The smallest absolute Gasteiger partial charge is 0.0889 e. The van der Waals surface area contributed by atoms with E-state index in [2.05, 4.69) is 9.59 Å². The Balaban J connectivity index is 2.96. The van der Waals surface area contributed by atoms with Gasteiger partial charge >= 0.3 is 0 Å². The molecule has 1 aromatic rings. The molecule has 0 saturated heterocycles. The number of hydrogen-bond acceptors (Lipinski definition) is 4. The first kappa shape index (κ1) is 8.62. The third kappa shape index (κ3) is 1.75. The molecule has 0 spiro atoms. The Morgan fingerprint density at radius 2 is 2.00 bits per heavy atom. The van der Waals surface area contributed by atoms with E-state index in [4.69, 9.17) is 0 Å². The van der Waals surface area contributed by atoms with Crippen molar-refractivity contribution in [2.45, 2.75) is 32.8 Å². The summed E-state index contributed by atoms with van der Waals surface area (Å²) in [4.78, 5) is 0.889. The summed E-state index contributed by atoms with van der Waals surface area (Å²) in [7, 11) is 0. The Morgan fingerprint density at radius 3 is 2.36 bits per heavy atom. The molecule has 0 radical (unpaired) electrons. The third-order valence-electron chi connectivity index (χ3n) is 1.47. The lowest BCUT2D eigenvalue weighted by Gasteiger charge is -2.04. The Kier molecular flexibility index (Phi) is 2.57. The highest BCUT2D eigenvalue weighted by atomic mass is 32.1. The first-order chi connectivity index (χ1) is 5.13. The topological polar surface area (TPSA) is 46.0 Å². The number of aliphatic hydroxyl groups excluding tert-OH is 1. The molecule has 0 aromatic carbocycles. The van der Waals surface area contributed by atoms with Gasteiger partial charge in [0.05, 0.1) is 16.7 Å². The van der Waals surface area contributed by atoms with E-state index in [1.807, 2.05) is 13.8 Å². The van der Waals surface area contributed by atoms with E-state index < -0.39 is 6.10 Å². The van der Waals surface area contributed by atoms with Crippen LogP contribution in [0.4, 0.5) is 0 Å². The molecule has 0 aliphatic heterocycles. The second-order valence-corrected chi connectivity index (χ2v) is 3.64. The summed E-state index contributed by atoms with van der Waals surface area (Å²) in [5, 5.41) is 13.2. The normalized spacial score (nSPS) is 13.9. The fourth-order valence-electron chi connectivity index (χ4n) is 0.895. The van der Waals surface area contributed by atoms with E-state index in [-0.39, 0.29) is 0 Å². The number of rotatable bonds is 2. The molecule has 1 atom stereocenters. The molecule has 0 saturated carbocycles. The van der Waals surface area contributed by atoms with Crippen molar-refractivity contribution < 1.29 is 5.11 Å². The van der Waals surface area contributed by atoms with Crippen molar-refractivity contribution >= 4 is 11.5 Å². The molecule has 3 nitrogen and oxygen atoms in total. The Bertz CT molecular complexity index is 210. The van der Waals surface area contributed by atoms with Crippen LogP contribution >= 0.6 is 11.5 Å². The molecule has 0 fully saturated rings. The van der Waals surface area contributed by atoms with E-state index in [0.29, 0.717) is 5.92 Å². The minimum Gasteiger partial charge on any atom is -0.388 e. The summed E-state index contributed by atoms with van der Waals surface area (Å²) >= 11 is 1.27. The molecule has 62 valence electrons. The second kappa shape index (κ2) is 3.28. The minimum atomic E-state index is -0.438. The second-order valence-electron chi connectivity index (χ2n) is 2.85. The maximum atomic E-state index is 9.27. The van der Waals surface area contributed by atoms with Crippen molar-refractivity contribution in [3.8, 4) is 0 Å². The summed E-state index contributed by atoms with van der Waals surface area (Å²) in [6.07, 6.45) is -0.438. The summed E-state index contributed by atoms with van der Waals surface area (Å²) in [5.74, 6) is 0.346. The van der Waals surface area contributed by atoms with Crippen molar-refractivity contribution in [1.29, 1.82) is 0 Å². The quantitative estimate of drug-likeness (QED) is 0.738. The van der Waals surface area contributed by atoms with Crippen molar-refractivity contribution in [3.63, 3.8) is 0 Å². The summed E-state index contributed by atoms with van der Waals surface area (Å²) in [5.41, 5.74) is 0.921. The van der Waals surface area contributed by atoms with E-state index in [0.717, 1.165) is 10.6 Å². The van der Waals surface area contributed by atoms with Crippen LogP contribution in [-0.4, -0.2) is 14.7 Å². The molecule has 1 rings (SSSR count). The van der Waals surface area contributed by atoms with Crippen LogP contribution < -0.4 is 0 Å². The van der Waals surface area contributed by atoms with Gasteiger partial charge in [0, 0.05) is 0 Å². The van der Waals surface area contributed by atoms with Gasteiger partial charge in [0.1, 0.15) is 0 Å². The van der Waals surface area contributed by atoms with Crippen molar-refractivity contribution in [1.82, 2.24) is 9.59 Å². The fourth-order valence-corrected chi connectivity index (χ4v) is 1.63. The molecule has 1 heterocycles. The van der Waals surface area contributed by atoms with Crippen LogP contribution in [0.3, 0.4) is 0 Å². The summed E-state index contributed by atoms with van der Waals surface area (Å²) in [6, 6.07) is 0. The van der Waals surface area contributed by atoms with Crippen LogP contribution in [0.5, 0.6) is 0 Å². The lowest BCUT2D eigenvalue weighted by molar-refractivity contribution is 0.201. The Morgan fingerprint density at radius 1 is 1.36 bits per heavy atom. The lowest BCUT2D eigenvalue weighted by atomic mass is 10.1.